The van der Waals surface area contributed by atoms with Crippen LogP contribution in [0.15, 0.2) is 0 Å². The first-order chi connectivity index (χ1) is 7.47. The average molecular weight is 227 g/mol. The SMILES string of the molecule is CC[C@H](C)[C@H](N)C(=O)N1CCN(C)C(=O)C1. The van der Waals surface area contributed by atoms with Crippen LogP contribution in [-0.2, 0) is 9.59 Å². The van der Waals surface area contributed by atoms with Crippen molar-refractivity contribution in [2.45, 2.75) is 26.3 Å². The lowest BCUT2D eigenvalue weighted by molar-refractivity contribution is -0.145. The molecule has 1 fully saturated rings. The van der Waals surface area contributed by atoms with E-state index in [0.29, 0.717) is 13.1 Å². The maximum absolute atomic E-state index is 12.0. The number of amides is 2. The first-order valence-corrected chi connectivity index (χ1v) is 5.75. The van der Waals surface area contributed by atoms with Crippen LogP contribution < -0.4 is 5.73 Å². The molecule has 0 spiro atoms. The Balaban J connectivity index is 2.58. The van der Waals surface area contributed by atoms with Gasteiger partial charge in [0.15, 0.2) is 0 Å². The lowest BCUT2D eigenvalue weighted by Gasteiger charge is -2.34. The van der Waals surface area contributed by atoms with Gasteiger partial charge in [0.05, 0.1) is 12.6 Å². The fraction of sp³-hybridized carbons (Fsp3) is 0.818. The predicted octanol–water partition coefficient (Wildman–Crippen LogP) is -0.340. The van der Waals surface area contributed by atoms with E-state index in [2.05, 4.69) is 0 Å². The average Bonchev–Trinajstić information content (AvgIpc) is 2.29. The van der Waals surface area contributed by atoms with Crippen LogP contribution in [0, 0.1) is 5.92 Å². The second-order valence-corrected chi connectivity index (χ2v) is 4.49. The lowest BCUT2D eigenvalue weighted by Crippen LogP contribution is -2.55. The highest BCUT2D eigenvalue weighted by Gasteiger charge is 2.29. The van der Waals surface area contributed by atoms with Crippen molar-refractivity contribution < 1.29 is 9.59 Å². The monoisotopic (exact) mass is 227 g/mol. The molecule has 2 atom stereocenters. The Bertz CT molecular complexity index is 280. The van der Waals surface area contributed by atoms with Crippen molar-refractivity contribution in [2.24, 2.45) is 11.7 Å². The van der Waals surface area contributed by atoms with E-state index in [4.69, 9.17) is 5.73 Å². The summed E-state index contributed by atoms with van der Waals surface area (Å²) in [6.45, 7) is 5.32. The molecule has 5 heteroatoms. The van der Waals surface area contributed by atoms with Gasteiger partial charge in [0, 0.05) is 20.1 Å². The second-order valence-electron chi connectivity index (χ2n) is 4.49. The highest BCUT2D eigenvalue weighted by molar-refractivity contribution is 5.88. The Morgan fingerprint density at radius 2 is 2.12 bits per heavy atom. The number of carbonyl (C=O) groups excluding carboxylic acids is 2. The van der Waals surface area contributed by atoms with Gasteiger partial charge in [-0.05, 0) is 5.92 Å². The Labute approximate surface area is 96.6 Å². The predicted molar refractivity (Wildman–Crippen MR) is 61.6 cm³/mol. The number of hydrogen-bond donors (Lipinski definition) is 1. The fourth-order valence-corrected chi connectivity index (χ4v) is 1.65. The molecule has 92 valence electrons. The van der Waals surface area contributed by atoms with Crippen LogP contribution in [0.25, 0.3) is 0 Å². The van der Waals surface area contributed by atoms with Crippen LogP contribution in [0.1, 0.15) is 20.3 Å². The molecule has 16 heavy (non-hydrogen) atoms. The maximum Gasteiger partial charge on any atom is 0.241 e. The zero-order valence-corrected chi connectivity index (χ0v) is 10.3. The third kappa shape index (κ3) is 2.72. The minimum atomic E-state index is -0.485. The highest BCUT2D eigenvalue weighted by atomic mass is 16.2. The van der Waals surface area contributed by atoms with Crippen molar-refractivity contribution in [3.63, 3.8) is 0 Å². The number of carbonyl (C=O) groups is 2. The van der Waals surface area contributed by atoms with Crippen molar-refractivity contribution >= 4 is 11.8 Å². The summed E-state index contributed by atoms with van der Waals surface area (Å²) in [5.41, 5.74) is 5.87. The zero-order valence-electron chi connectivity index (χ0n) is 10.3. The quantitative estimate of drug-likeness (QED) is 0.717. The molecule has 0 unspecified atom stereocenters. The number of hydrogen-bond acceptors (Lipinski definition) is 3. The largest absolute Gasteiger partial charge is 0.342 e. The second kappa shape index (κ2) is 5.30. The molecule has 2 amide bonds. The summed E-state index contributed by atoms with van der Waals surface area (Å²) in [4.78, 5) is 26.6. The van der Waals surface area contributed by atoms with Gasteiger partial charge in [-0.25, -0.2) is 0 Å². The van der Waals surface area contributed by atoms with Gasteiger partial charge in [0.25, 0.3) is 0 Å². The van der Waals surface area contributed by atoms with Crippen LogP contribution in [0.4, 0.5) is 0 Å². The van der Waals surface area contributed by atoms with Crippen LogP contribution in [-0.4, -0.2) is 54.3 Å². The lowest BCUT2D eigenvalue weighted by atomic mass is 9.98. The van der Waals surface area contributed by atoms with Crippen molar-refractivity contribution in [3.8, 4) is 0 Å². The molecule has 1 aliphatic rings. The van der Waals surface area contributed by atoms with Crippen molar-refractivity contribution in [3.05, 3.63) is 0 Å². The standard InChI is InChI=1S/C11H21N3O2/c1-4-8(2)10(12)11(16)14-6-5-13(3)9(15)7-14/h8,10H,4-7,12H2,1-3H3/t8-,10-/m0/s1. The molecule has 5 nitrogen and oxygen atoms in total. The van der Waals surface area contributed by atoms with Crippen molar-refractivity contribution in [1.82, 2.24) is 9.80 Å². The smallest absolute Gasteiger partial charge is 0.241 e. The highest BCUT2D eigenvalue weighted by Crippen LogP contribution is 2.10. The fourth-order valence-electron chi connectivity index (χ4n) is 1.65. The Morgan fingerprint density at radius 3 is 2.62 bits per heavy atom. The number of nitrogens with zero attached hydrogens (tertiary/aromatic N) is 2. The van der Waals surface area contributed by atoms with Gasteiger partial charge >= 0.3 is 0 Å². The molecular formula is C11H21N3O2. The van der Waals surface area contributed by atoms with E-state index >= 15 is 0 Å². The Morgan fingerprint density at radius 1 is 1.50 bits per heavy atom. The minimum Gasteiger partial charge on any atom is -0.342 e. The van der Waals surface area contributed by atoms with E-state index in [1.807, 2.05) is 13.8 Å². The van der Waals surface area contributed by atoms with E-state index in [9.17, 15) is 9.59 Å². The third-order valence-electron chi connectivity index (χ3n) is 3.31. The molecule has 0 aliphatic carbocycles. The Hall–Kier alpha value is -1.10. The minimum absolute atomic E-state index is 0.0176. The molecule has 0 radical (unpaired) electrons. The molecule has 2 N–H and O–H groups in total. The first-order valence-electron chi connectivity index (χ1n) is 5.75. The molecule has 0 saturated carbocycles. The van der Waals surface area contributed by atoms with E-state index in [0.717, 1.165) is 6.42 Å². The number of nitrogens with two attached hydrogens (primary N) is 1. The number of rotatable bonds is 3. The van der Waals surface area contributed by atoms with Gasteiger partial charge in [0.1, 0.15) is 0 Å². The van der Waals surface area contributed by atoms with Gasteiger partial charge in [-0.2, -0.15) is 0 Å². The Kier molecular flexibility index (Phi) is 4.29. The van der Waals surface area contributed by atoms with Crippen molar-refractivity contribution in [2.75, 3.05) is 26.7 Å². The maximum atomic E-state index is 12.0. The summed E-state index contributed by atoms with van der Waals surface area (Å²) in [5.74, 6) is 0.0361. The van der Waals surface area contributed by atoms with Gasteiger partial charge in [-0.15, -0.1) is 0 Å². The molecule has 0 aromatic heterocycles. The normalized spacial score (nSPS) is 20.9. The molecule has 0 aromatic carbocycles. The summed E-state index contributed by atoms with van der Waals surface area (Å²) in [6, 6.07) is -0.485. The van der Waals surface area contributed by atoms with Gasteiger partial charge in [0.2, 0.25) is 11.8 Å². The molecule has 1 rings (SSSR count). The molecule has 1 aliphatic heterocycles. The summed E-state index contributed by atoms with van der Waals surface area (Å²) >= 11 is 0. The molecule has 0 bridgehead atoms. The number of piperazine rings is 1. The molecule has 1 saturated heterocycles. The van der Waals surface area contributed by atoms with Crippen LogP contribution in [0.2, 0.25) is 0 Å². The van der Waals surface area contributed by atoms with Gasteiger partial charge in [-0.3, -0.25) is 9.59 Å². The van der Waals surface area contributed by atoms with E-state index in [1.54, 1.807) is 16.8 Å². The van der Waals surface area contributed by atoms with E-state index < -0.39 is 6.04 Å². The molecular weight excluding hydrogens is 206 g/mol. The molecule has 0 aromatic rings. The van der Waals surface area contributed by atoms with Crippen LogP contribution in [0.3, 0.4) is 0 Å². The van der Waals surface area contributed by atoms with Crippen LogP contribution >= 0.6 is 0 Å². The zero-order chi connectivity index (χ0) is 12.3. The van der Waals surface area contributed by atoms with E-state index in [-0.39, 0.29) is 24.3 Å². The summed E-state index contributed by atoms with van der Waals surface area (Å²) in [6.07, 6.45) is 0.870. The van der Waals surface area contributed by atoms with Gasteiger partial charge in [-0.1, -0.05) is 20.3 Å². The first kappa shape index (κ1) is 13.0. The summed E-state index contributed by atoms with van der Waals surface area (Å²) in [7, 11) is 1.75. The topological polar surface area (TPSA) is 66.6 Å². The third-order valence-corrected chi connectivity index (χ3v) is 3.31. The van der Waals surface area contributed by atoms with E-state index in [1.165, 1.54) is 0 Å². The summed E-state index contributed by atoms with van der Waals surface area (Å²) < 4.78 is 0. The summed E-state index contributed by atoms with van der Waals surface area (Å²) in [5, 5.41) is 0. The van der Waals surface area contributed by atoms with Crippen molar-refractivity contribution in [1.29, 1.82) is 0 Å². The molecule has 1 heterocycles. The number of likely N-dealkylation sites (N-methyl/N-ethyl adjacent to an activating group) is 1. The van der Waals surface area contributed by atoms with Gasteiger partial charge < -0.3 is 15.5 Å². The van der Waals surface area contributed by atoms with Crippen LogP contribution in [0.5, 0.6) is 0 Å².